The van der Waals surface area contributed by atoms with Gasteiger partial charge in [-0.25, -0.2) is 0 Å². The lowest BCUT2D eigenvalue weighted by Gasteiger charge is -2.24. The van der Waals surface area contributed by atoms with E-state index in [4.69, 9.17) is 0 Å². The lowest BCUT2D eigenvalue weighted by Crippen LogP contribution is -2.35. The molecule has 2 aromatic rings. The molecule has 4 rings (SSSR count). The van der Waals surface area contributed by atoms with Crippen LogP contribution in [-0.4, -0.2) is 50.2 Å². The monoisotopic (exact) mass is 368 g/mol. The van der Waals surface area contributed by atoms with Crippen LogP contribution in [0.4, 0.5) is 0 Å². The first-order chi connectivity index (χ1) is 13.2. The Morgan fingerprint density at radius 1 is 1.22 bits per heavy atom. The standard InChI is InChI=1S/C20H28N6O/c1-15-4-2-7-17(22-15)14-25-11-9-19-24-23-18(26(19)13-12-25)8-10-21-20(27)16-5-3-6-16/h2,4,7,16H,3,5-6,8-14H2,1H3,(H,21,27). The molecule has 144 valence electrons. The highest BCUT2D eigenvalue weighted by molar-refractivity contribution is 5.79. The molecule has 1 saturated carbocycles. The van der Waals surface area contributed by atoms with Crippen molar-refractivity contribution in [3.8, 4) is 0 Å². The quantitative estimate of drug-likeness (QED) is 0.836. The number of hydrogen-bond acceptors (Lipinski definition) is 5. The topological polar surface area (TPSA) is 75.9 Å². The lowest BCUT2D eigenvalue weighted by molar-refractivity contribution is -0.127. The Morgan fingerprint density at radius 2 is 2.11 bits per heavy atom. The molecule has 0 atom stereocenters. The fourth-order valence-corrected chi connectivity index (χ4v) is 3.80. The Labute approximate surface area is 160 Å². The van der Waals surface area contributed by atoms with Gasteiger partial charge in [0.05, 0.1) is 5.69 Å². The van der Waals surface area contributed by atoms with Gasteiger partial charge >= 0.3 is 0 Å². The second-order valence-corrected chi connectivity index (χ2v) is 7.65. The van der Waals surface area contributed by atoms with E-state index in [-0.39, 0.29) is 11.8 Å². The summed E-state index contributed by atoms with van der Waals surface area (Å²) in [4.78, 5) is 19.0. The highest BCUT2D eigenvalue weighted by Crippen LogP contribution is 2.26. The van der Waals surface area contributed by atoms with Crippen molar-refractivity contribution >= 4 is 5.91 Å². The molecule has 0 aromatic carbocycles. The van der Waals surface area contributed by atoms with Crippen molar-refractivity contribution in [2.45, 2.75) is 52.1 Å². The van der Waals surface area contributed by atoms with Crippen molar-refractivity contribution in [2.24, 2.45) is 5.92 Å². The molecule has 7 heteroatoms. The first-order valence-corrected chi connectivity index (χ1v) is 10.0. The number of aryl methyl sites for hydroxylation is 1. The Bertz CT molecular complexity index is 798. The molecule has 0 spiro atoms. The van der Waals surface area contributed by atoms with Crippen LogP contribution in [-0.2, 0) is 30.7 Å². The Balaban J connectivity index is 1.31. The number of rotatable bonds is 6. The van der Waals surface area contributed by atoms with E-state index in [1.54, 1.807) is 0 Å². The number of hydrogen-bond donors (Lipinski definition) is 1. The van der Waals surface area contributed by atoms with E-state index >= 15 is 0 Å². The van der Waals surface area contributed by atoms with Crippen LogP contribution in [0.15, 0.2) is 18.2 Å². The van der Waals surface area contributed by atoms with Gasteiger partial charge in [0, 0.05) is 57.2 Å². The summed E-state index contributed by atoms with van der Waals surface area (Å²) in [6.07, 6.45) is 4.90. The summed E-state index contributed by atoms with van der Waals surface area (Å²) in [5, 5.41) is 11.8. The normalized spacial score (nSPS) is 17.8. The predicted octanol–water partition coefficient (Wildman–Crippen LogP) is 1.50. The second kappa shape index (κ2) is 8.17. The molecule has 27 heavy (non-hydrogen) atoms. The van der Waals surface area contributed by atoms with Gasteiger partial charge in [-0.2, -0.15) is 0 Å². The van der Waals surface area contributed by atoms with Crippen LogP contribution < -0.4 is 5.32 Å². The fourth-order valence-electron chi connectivity index (χ4n) is 3.80. The number of amides is 1. The van der Waals surface area contributed by atoms with Crippen molar-refractivity contribution < 1.29 is 4.79 Å². The fraction of sp³-hybridized carbons (Fsp3) is 0.600. The third-order valence-corrected chi connectivity index (χ3v) is 5.65. The van der Waals surface area contributed by atoms with E-state index in [0.717, 1.165) is 74.9 Å². The van der Waals surface area contributed by atoms with Gasteiger partial charge in [0.2, 0.25) is 5.91 Å². The number of nitrogens with zero attached hydrogens (tertiary/aromatic N) is 5. The van der Waals surface area contributed by atoms with Crippen LogP contribution in [0.2, 0.25) is 0 Å². The van der Waals surface area contributed by atoms with E-state index in [1.807, 2.05) is 13.0 Å². The summed E-state index contributed by atoms with van der Waals surface area (Å²) >= 11 is 0. The van der Waals surface area contributed by atoms with Crippen molar-refractivity contribution in [1.29, 1.82) is 0 Å². The van der Waals surface area contributed by atoms with Crippen LogP contribution >= 0.6 is 0 Å². The van der Waals surface area contributed by atoms with Gasteiger partial charge in [-0.3, -0.25) is 14.7 Å². The second-order valence-electron chi connectivity index (χ2n) is 7.65. The van der Waals surface area contributed by atoms with Gasteiger partial charge in [0.1, 0.15) is 11.6 Å². The maximum atomic E-state index is 12.0. The van der Waals surface area contributed by atoms with E-state index in [0.29, 0.717) is 6.54 Å². The summed E-state index contributed by atoms with van der Waals surface area (Å²) in [5.74, 6) is 2.47. The SMILES string of the molecule is Cc1cccc(CN2CCc3nnc(CCNC(=O)C4CCC4)n3CC2)n1. The average molecular weight is 368 g/mol. The van der Waals surface area contributed by atoms with Gasteiger partial charge in [-0.15, -0.1) is 10.2 Å². The van der Waals surface area contributed by atoms with Crippen LogP contribution in [0.25, 0.3) is 0 Å². The van der Waals surface area contributed by atoms with Gasteiger partial charge in [0.15, 0.2) is 0 Å². The van der Waals surface area contributed by atoms with Crippen molar-refractivity contribution in [2.75, 3.05) is 19.6 Å². The molecule has 0 radical (unpaired) electrons. The molecular formula is C20H28N6O. The first kappa shape index (κ1) is 18.1. The summed E-state index contributed by atoms with van der Waals surface area (Å²) in [7, 11) is 0. The van der Waals surface area contributed by atoms with Crippen LogP contribution in [0.5, 0.6) is 0 Å². The van der Waals surface area contributed by atoms with Gasteiger partial charge < -0.3 is 9.88 Å². The minimum atomic E-state index is 0.202. The highest BCUT2D eigenvalue weighted by Gasteiger charge is 2.25. The van der Waals surface area contributed by atoms with Crippen LogP contribution in [0.1, 0.15) is 42.3 Å². The number of carbonyl (C=O) groups is 1. The molecule has 0 saturated heterocycles. The van der Waals surface area contributed by atoms with Crippen LogP contribution in [0, 0.1) is 12.8 Å². The highest BCUT2D eigenvalue weighted by atomic mass is 16.1. The van der Waals surface area contributed by atoms with Crippen molar-refractivity contribution in [1.82, 2.24) is 30.0 Å². The van der Waals surface area contributed by atoms with E-state index in [9.17, 15) is 4.79 Å². The maximum Gasteiger partial charge on any atom is 0.223 e. The molecule has 7 nitrogen and oxygen atoms in total. The van der Waals surface area contributed by atoms with Gasteiger partial charge in [-0.05, 0) is 31.9 Å². The summed E-state index contributed by atoms with van der Waals surface area (Å²) in [6.45, 7) is 6.36. The molecule has 0 bridgehead atoms. The zero-order chi connectivity index (χ0) is 18.6. The molecule has 1 N–H and O–H groups in total. The summed E-state index contributed by atoms with van der Waals surface area (Å²) in [5.41, 5.74) is 2.18. The number of aromatic nitrogens is 4. The molecule has 1 amide bonds. The largest absolute Gasteiger partial charge is 0.355 e. The van der Waals surface area contributed by atoms with E-state index in [1.165, 1.54) is 6.42 Å². The minimum Gasteiger partial charge on any atom is -0.355 e. The summed E-state index contributed by atoms with van der Waals surface area (Å²) in [6, 6.07) is 6.19. The van der Waals surface area contributed by atoms with Crippen LogP contribution in [0.3, 0.4) is 0 Å². The third-order valence-electron chi connectivity index (χ3n) is 5.65. The summed E-state index contributed by atoms with van der Waals surface area (Å²) < 4.78 is 2.24. The average Bonchev–Trinajstić information content (AvgIpc) is 2.86. The predicted molar refractivity (Wildman–Crippen MR) is 102 cm³/mol. The number of fused-ring (bicyclic) bond motifs is 1. The Hall–Kier alpha value is -2.28. The molecule has 3 heterocycles. The number of carbonyl (C=O) groups excluding carboxylic acids is 1. The third kappa shape index (κ3) is 4.35. The zero-order valence-corrected chi connectivity index (χ0v) is 16.0. The Kier molecular flexibility index (Phi) is 5.48. The molecule has 0 unspecified atom stereocenters. The molecule has 1 fully saturated rings. The molecular weight excluding hydrogens is 340 g/mol. The van der Waals surface area contributed by atoms with Gasteiger partial charge in [0.25, 0.3) is 0 Å². The maximum absolute atomic E-state index is 12.0. The number of pyridine rings is 1. The molecule has 1 aliphatic carbocycles. The molecule has 2 aliphatic rings. The number of nitrogens with one attached hydrogen (secondary N) is 1. The van der Waals surface area contributed by atoms with E-state index in [2.05, 4.69) is 42.1 Å². The van der Waals surface area contributed by atoms with Crippen molar-refractivity contribution in [3.63, 3.8) is 0 Å². The minimum absolute atomic E-state index is 0.202. The van der Waals surface area contributed by atoms with Crippen molar-refractivity contribution in [3.05, 3.63) is 41.2 Å². The molecule has 2 aromatic heterocycles. The van der Waals surface area contributed by atoms with E-state index < -0.39 is 0 Å². The molecule has 1 aliphatic heterocycles. The Morgan fingerprint density at radius 3 is 2.89 bits per heavy atom. The lowest BCUT2D eigenvalue weighted by atomic mass is 9.85. The van der Waals surface area contributed by atoms with Gasteiger partial charge in [-0.1, -0.05) is 12.5 Å². The zero-order valence-electron chi connectivity index (χ0n) is 16.0. The first-order valence-electron chi connectivity index (χ1n) is 10.0. The smallest absolute Gasteiger partial charge is 0.223 e.